The van der Waals surface area contributed by atoms with E-state index in [0.717, 1.165) is 0 Å². The molecule has 0 radical (unpaired) electrons. The van der Waals surface area contributed by atoms with Crippen molar-refractivity contribution in [2.75, 3.05) is 13.1 Å². The smallest absolute Gasteiger partial charge is 0.323 e. The lowest BCUT2D eigenvalue weighted by atomic mass is 10.1. The summed E-state index contributed by atoms with van der Waals surface area (Å²) in [6.45, 7) is 3.88. The molecular weight excluding hydrogens is 268 g/mol. The maximum Gasteiger partial charge on any atom is 0.323 e. The fraction of sp³-hybridized carbons (Fsp3) is 0.462. The lowest BCUT2D eigenvalue weighted by Gasteiger charge is -2.20. The highest BCUT2D eigenvalue weighted by Crippen LogP contribution is 2.14. The van der Waals surface area contributed by atoms with E-state index in [1.165, 1.54) is 11.0 Å². The highest BCUT2D eigenvalue weighted by molar-refractivity contribution is 6.29. The van der Waals surface area contributed by atoms with Gasteiger partial charge in [-0.2, -0.15) is 0 Å². The first-order valence-electron chi connectivity index (χ1n) is 6.15. The number of aliphatic carboxylic acids is 1. The lowest BCUT2D eigenvalue weighted by Crippen LogP contribution is -2.36. The number of hydrogen-bond donors (Lipinski definition) is 1. The van der Waals surface area contributed by atoms with Crippen molar-refractivity contribution in [1.29, 1.82) is 0 Å². The van der Waals surface area contributed by atoms with Gasteiger partial charge in [0, 0.05) is 17.8 Å². The third kappa shape index (κ3) is 4.52. The SMILES string of the molecule is CCCN(CC(=O)O)C(=O)c1cc(Cl)nc(CC)c1. The molecule has 0 aliphatic carbocycles. The summed E-state index contributed by atoms with van der Waals surface area (Å²) in [5, 5.41) is 9.07. The zero-order valence-electron chi connectivity index (χ0n) is 11.0. The number of halogens is 1. The predicted octanol–water partition coefficient (Wildman–Crippen LogP) is 2.23. The molecule has 5 nitrogen and oxygen atoms in total. The number of aromatic nitrogens is 1. The number of aryl methyl sites for hydroxylation is 1. The van der Waals surface area contributed by atoms with E-state index >= 15 is 0 Å². The quantitative estimate of drug-likeness (QED) is 0.813. The number of hydrogen-bond acceptors (Lipinski definition) is 3. The molecule has 1 aromatic heterocycles. The first-order valence-corrected chi connectivity index (χ1v) is 6.53. The number of amides is 1. The first-order chi connectivity index (χ1) is 8.97. The third-order valence-electron chi connectivity index (χ3n) is 2.56. The number of pyridine rings is 1. The summed E-state index contributed by atoms with van der Waals surface area (Å²) in [7, 11) is 0. The molecule has 0 saturated carbocycles. The molecule has 0 atom stereocenters. The van der Waals surface area contributed by atoms with E-state index in [2.05, 4.69) is 4.98 Å². The van der Waals surface area contributed by atoms with Crippen molar-refractivity contribution in [3.8, 4) is 0 Å². The van der Waals surface area contributed by atoms with Gasteiger partial charge in [0.25, 0.3) is 5.91 Å². The highest BCUT2D eigenvalue weighted by atomic mass is 35.5. The van der Waals surface area contributed by atoms with Crippen LogP contribution in [0.4, 0.5) is 0 Å². The zero-order chi connectivity index (χ0) is 14.4. The van der Waals surface area contributed by atoms with Crippen LogP contribution in [0.15, 0.2) is 12.1 Å². The van der Waals surface area contributed by atoms with Crippen molar-refractivity contribution in [3.63, 3.8) is 0 Å². The Balaban J connectivity index is 3.01. The maximum absolute atomic E-state index is 12.3. The average molecular weight is 285 g/mol. The number of carbonyl (C=O) groups is 2. The highest BCUT2D eigenvalue weighted by Gasteiger charge is 2.18. The average Bonchev–Trinajstić information content (AvgIpc) is 2.36. The van der Waals surface area contributed by atoms with Gasteiger partial charge in [-0.15, -0.1) is 0 Å². The van der Waals surface area contributed by atoms with E-state index in [-0.39, 0.29) is 17.6 Å². The van der Waals surface area contributed by atoms with Gasteiger partial charge in [0.15, 0.2) is 0 Å². The van der Waals surface area contributed by atoms with Gasteiger partial charge in [0.1, 0.15) is 11.7 Å². The molecule has 0 aromatic carbocycles. The molecule has 1 rings (SSSR count). The molecule has 1 heterocycles. The molecule has 0 aliphatic heterocycles. The fourth-order valence-electron chi connectivity index (χ4n) is 1.72. The van der Waals surface area contributed by atoms with E-state index in [1.54, 1.807) is 6.07 Å². The van der Waals surface area contributed by atoms with Crippen LogP contribution in [0.1, 0.15) is 36.3 Å². The van der Waals surface area contributed by atoms with E-state index in [1.807, 2.05) is 13.8 Å². The Morgan fingerprint density at radius 2 is 2.05 bits per heavy atom. The van der Waals surface area contributed by atoms with Crippen molar-refractivity contribution >= 4 is 23.5 Å². The minimum Gasteiger partial charge on any atom is -0.480 e. The van der Waals surface area contributed by atoms with Crippen molar-refractivity contribution < 1.29 is 14.7 Å². The Kier molecular flexibility index (Phi) is 5.76. The van der Waals surface area contributed by atoms with Crippen LogP contribution < -0.4 is 0 Å². The lowest BCUT2D eigenvalue weighted by molar-refractivity contribution is -0.137. The molecule has 0 unspecified atom stereocenters. The van der Waals surface area contributed by atoms with Gasteiger partial charge in [0.05, 0.1) is 0 Å². The van der Waals surface area contributed by atoms with Crippen LogP contribution in [0, 0.1) is 0 Å². The predicted molar refractivity (Wildman–Crippen MR) is 72.5 cm³/mol. The largest absolute Gasteiger partial charge is 0.480 e. The van der Waals surface area contributed by atoms with Crippen molar-refractivity contribution in [2.45, 2.75) is 26.7 Å². The van der Waals surface area contributed by atoms with Crippen molar-refractivity contribution in [1.82, 2.24) is 9.88 Å². The Hall–Kier alpha value is -1.62. The monoisotopic (exact) mass is 284 g/mol. The van der Waals surface area contributed by atoms with Crippen molar-refractivity contribution in [3.05, 3.63) is 28.5 Å². The summed E-state index contributed by atoms with van der Waals surface area (Å²) in [4.78, 5) is 28.4. The second-order valence-corrected chi connectivity index (χ2v) is 4.53. The number of carboxylic acid groups (broad SMARTS) is 1. The van der Waals surface area contributed by atoms with E-state index < -0.39 is 5.97 Å². The topological polar surface area (TPSA) is 70.5 Å². The van der Waals surface area contributed by atoms with E-state index in [9.17, 15) is 9.59 Å². The standard InChI is InChI=1S/C13H17ClN2O3/c1-3-5-16(8-12(17)18)13(19)9-6-10(4-2)15-11(14)7-9/h6-7H,3-5,8H2,1-2H3,(H,17,18). The second-order valence-electron chi connectivity index (χ2n) is 4.14. The van der Waals surface area contributed by atoms with Gasteiger partial charge in [0.2, 0.25) is 0 Å². The van der Waals surface area contributed by atoms with Gasteiger partial charge in [-0.05, 0) is 25.0 Å². The summed E-state index contributed by atoms with van der Waals surface area (Å²) in [5.41, 5.74) is 1.09. The Morgan fingerprint density at radius 1 is 1.37 bits per heavy atom. The fourth-order valence-corrected chi connectivity index (χ4v) is 1.95. The number of nitrogens with zero attached hydrogens (tertiary/aromatic N) is 2. The molecule has 0 aliphatic rings. The van der Waals surface area contributed by atoms with Crippen molar-refractivity contribution in [2.24, 2.45) is 0 Å². The Morgan fingerprint density at radius 3 is 2.58 bits per heavy atom. The summed E-state index contributed by atoms with van der Waals surface area (Å²) < 4.78 is 0. The minimum absolute atomic E-state index is 0.245. The molecule has 0 bridgehead atoms. The first kappa shape index (κ1) is 15.4. The molecule has 1 amide bonds. The summed E-state index contributed by atoms with van der Waals surface area (Å²) in [6, 6.07) is 3.12. The number of carboxylic acids is 1. The maximum atomic E-state index is 12.3. The number of carbonyl (C=O) groups excluding carboxylic acids is 1. The third-order valence-corrected chi connectivity index (χ3v) is 2.76. The summed E-state index contributed by atoms with van der Waals surface area (Å²) in [6.07, 6.45) is 1.35. The molecule has 104 valence electrons. The van der Waals surface area contributed by atoms with Crippen LogP contribution in [-0.4, -0.2) is 40.0 Å². The molecule has 1 N–H and O–H groups in total. The van der Waals surface area contributed by atoms with Crippen LogP contribution in [-0.2, 0) is 11.2 Å². The van der Waals surface area contributed by atoms with Gasteiger partial charge in [-0.1, -0.05) is 25.4 Å². The molecule has 1 aromatic rings. The molecule has 0 fully saturated rings. The summed E-state index contributed by atoms with van der Waals surface area (Å²) in [5.74, 6) is -1.36. The van der Waals surface area contributed by atoms with Gasteiger partial charge in [-0.3, -0.25) is 9.59 Å². The molecule has 0 saturated heterocycles. The summed E-state index contributed by atoms with van der Waals surface area (Å²) >= 11 is 5.86. The van der Waals surface area contributed by atoms with Crippen LogP contribution in [0.25, 0.3) is 0 Å². The van der Waals surface area contributed by atoms with Crippen LogP contribution in [0.5, 0.6) is 0 Å². The Bertz CT molecular complexity index is 477. The molecule has 6 heteroatoms. The number of rotatable bonds is 6. The van der Waals surface area contributed by atoms with Gasteiger partial charge < -0.3 is 10.0 Å². The molecule has 19 heavy (non-hydrogen) atoms. The normalized spacial score (nSPS) is 10.3. The van der Waals surface area contributed by atoms with E-state index in [0.29, 0.717) is 30.6 Å². The van der Waals surface area contributed by atoms with Crippen LogP contribution >= 0.6 is 11.6 Å². The minimum atomic E-state index is -1.03. The zero-order valence-corrected chi connectivity index (χ0v) is 11.8. The second kappa shape index (κ2) is 7.09. The van der Waals surface area contributed by atoms with Crippen LogP contribution in [0.2, 0.25) is 5.15 Å². The molecule has 0 spiro atoms. The van der Waals surface area contributed by atoms with E-state index in [4.69, 9.17) is 16.7 Å². The molecular formula is C13H17ClN2O3. The van der Waals surface area contributed by atoms with Gasteiger partial charge >= 0.3 is 5.97 Å². The van der Waals surface area contributed by atoms with Gasteiger partial charge in [-0.25, -0.2) is 4.98 Å². The Labute approximate surface area is 117 Å². The van der Waals surface area contributed by atoms with Crippen LogP contribution in [0.3, 0.4) is 0 Å².